The second kappa shape index (κ2) is 9.37. The number of hydrogen-bond donors (Lipinski definition) is 2. The normalized spacial score (nSPS) is 10.6. The molecule has 0 bridgehead atoms. The largest absolute Gasteiger partial charge is 0.485 e. The Balaban J connectivity index is 1.66. The zero-order valence-corrected chi connectivity index (χ0v) is 17.5. The summed E-state index contributed by atoms with van der Waals surface area (Å²) in [6.07, 6.45) is 0. The van der Waals surface area contributed by atoms with Crippen molar-refractivity contribution in [2.24, 2.45) is 5.73 Å². The van der Waals surface area contributed by atoms with Gasteiger partial charge in [0.15, 0.2) is 6.61 Å². The Hall–Kier alpha value is -3.45. The molecule has 2 amide bonds. The lowest BCUT2D eigenvalue weighted by molar-refractivity contribution is -0.136. The van der Waals surface area contributed by atoms with Crippen LogP contribution in [0.2, 0.25) is 0 Å². The second-order valence-electron chi connectivity index (χ2n) is 6.97. The van der Waals surface area contributed by atoms with E-state index in [-0.39, 0.29) is 10.6 Å². The molecular formula is C23H22N2O4S. The van der Waals surface area contributed by atoms with Gasteiger partial charge in [0.2, 0.25) is 0 Å². The van der Waals surface area contributed by atoms with Crippen LogP contribution in [0.25, 0.3) is 10.4 Å². The van der Waals surface area contributed by atoms with Crippen LogP contribution in [0.5, 0.6) is 5.75 Å². The van der Waals surface area contributed by atoms with E-state index in [4.69, 9.17) is 10.5 Å². The number of nitrogens with two attached hydrogens (primary N) is 1. The Labute approximate surface area is 178 Å². The maximum absolute atomic E-state index is 12.3. The fourth-order valence-electron chi connectivity index (χ4n) is 2.75. The zero-order chi connectivity index (χ0) is 21.7. The van der Waals surface area contributed by atoms with Crippen molar-refractivity contribution in [3.05, 3.63) is 71.8 Å². The maximum atomic E-state index is 12.3. The molecule has 30 heavy (non-hydrogen) atoms. The highest BCUT2D eigenvalue weighted by Crippen LogP contribution is 2.35. The standard InChI is InChI=1S/C23H22N2O4S/c1-14(2)15-8-10-17(11-9-15)29-13-19(26)22(28)25-23-18(21(24)27)12-20(30-23)16-6-4-3-5-7-16/h3-12,14H,13H2,1-2H3,(H2,24,27)(H,25,28). The molecule has 0 aliphatic heterocycles. The first-order valence-electron chi connectivity index (χ1n) is 9.41. The molecule has 3 aromatic rings. The van der Waals surface area contributed by atoms with Crippen molar-refractivity contribution in [1.82, 2.24) is 0 Å². The molecule has 0 aliphatic rings. The van der Waals surface area contributed by atoms with E-state index in [0.29, 0.717) is 11.7 Å². The molecule has 0 atom stereocenters. The topological polar surface area (TPSA) is 98.5 Å². The number of hydrogen-bond acceptors (Lipinski definition) is 5. The van der Waals surface area contributed by atoms with Gasteiger partial charge in [0.25, 0.3) is 17.6 Å². The Kier molecular flexibility index (Phi) is 6.64. The number of ketones is 1. The number of carbonyl (C=O) groups excluding carboxylic acids is 3. The van der Waals surface area contributed by atoms with Crippen LogP contribution < -0.4 is 15.8 Å². The van der Waals surface area contributed by atoms with Gasteiger partial charge >= 0.3 is 0 Å². The molecule has 154 valence electrons. The van der Waals surface area contributed by atoms with E-state index in [1.54, 1.807) is 18.2 Å². The van der Waals surface area contributed by atoms with E-state index >= 15 is 0 Å². The van der Waals surface area contributed by atoms with Gasteiger partial charge in [-0.25, -0.2) is 0 Å². The molecule has 0 spiro atoms. The smallest absolute Gasteiger partial charge is 0.296 e. The summed E-state index contributed by atoms with van der Waals surface area (Å²) in [5.74, 6) is -1.42. The van der Waals surface area contributed by atoms with Gasteiger partial charge in [-0.1, -0.05) is 56.3 Å². The third kappa shape index (κ3) is 5.12. The van der Waals surface area contributed by atoms with Gasteiger partial charge in [-0.15, -0.1) is 11.3 Å². The van der Waals surface area contributed by atoms with Crippen LogP contribution >= 0.6 is 11.3 Å². The lowest BCUT2D eigenvalue weighted by Crippen LogP contribution is -2.28. The number of rotatable bonds is 8. The summed E-state index contributed by atoms with van der Waals surface area (Å²) in [5.41, 5.74) is 7.62. The van der Waals surface area contributed by atoms with Crippen LogP contribution in [0.1, 0.15) is 35.7 Å². The number of thiophene rings is 1. The van der Waals surface area contributed by atoms with Crippen LogP contribution in [0.15, 0.2) is 60.7 Å². The SMILES string of the molecule is CC(C)c1ccc(OCC(=O)C(=O)Nc2sc(-c3ccccc3)cc2C(N)=O)cc1. The van der Waals surface area contributed by atoms with Gasteiger partial charge in [-0.3, -0.25) is 14.4 Å². The molecule has 3 N–H and O–H groups in total. The minimum atomic E-state index is -0.863. The zero-order valence-electron chi connectivity index (χ0n) is 16.7. The molecule has 0 aliphatic carbocycles. The second-order valence-corrected chi connectivity index (χ2v) is 8.03. The first-order valence-corrected chi connectivity index (χ1v) is 10.2. The highest BCUT2D eigenvalue weighted by molar-refractivity contribution is 7.20. The average molecular weight is 423 g/mol. The van der Waals surface area contributed by atoms with E-state index in [0.717, 1.165) is 16.0 Å². The lowest BCUT2D eigenvalue weighted by Gasteiger charge is -2.08. The van der Waals surface area contributed by atoms with E-state index in [1.807, 2.05) is 42.5 Å². The molecule has 0 fully saturated rings. The number of benzene rings is 2. The van der Waals surface area contributed by atoms with Crippen LogP contribution in [-0.2, 0) is 9.59 Å². The number of amides is 2. The molecule has 6 nitrogen and oxygen atoms in total. The highest BCUT2D eigenvalue weighted by atomic mass is 32.1. The summed E-state index contributed by atoms with van der Waals surface area (Å²) in [4.78, 5) is 37.0. The van der Waals surface area contributed by atoms with Crippen molar-refractivity contribution < 1.29 is 19.1 Å². The third-order valence-corrected chi connectivity index (χ3v) is 5.55. The quantitative estimate of drug-likeness (QED) is 0.531. The average Bonchev–Trinajstić information content (AvgIpc) is 3.17. The van der Waals surface area contributed by atoms with E-state index in [2.05, 4.69) is 19.2 Å². The van der Waals surface area contributed by atoms with Crippen molar-refractivity contribution in [3.63, 3.8) is 0 Å². The molecule has 1 heterocycles. The molecule has 0 radical (unpaired) electrons. The molecule has 2 aromatic carbocycles. The minimum Gasteiger partial charge on any atom is -0.485 e. The maximum Gasteiger partial charge on any atom is 0.296 e. The predicted octanol–water partition coefficient (Wildman–Crippen LogP) is 4.22. The summed E-state index contributed by atoms with van der Waals surface area (Å²) < 4.78 is 5.41. The Morgan fingerprint density at radius 2 is 1.70 bits per heavy atom. The lowest BCUT2D eigenvalue weighted by atomic mass is 10.0. The van der Waals surface area contributed by atoms with Crippen molar-refractivity contribution in [3.8, 4) is 16.2 Å². The molecule has 3 rings (SSSR count). The highest BCUT2D eigenvalue weighted by Gasteiger charge is 2.21. The molecule has 0 saturated heterocycles. The van der Waals surface area contributed by atoms with E-state index < -0.39 is 24.2 Å². The third-order valence-electron chi connectivity index (χ3n) is 4.45. The fraction of sp³-hybridized carbons (Fsp3) is 0.174. The number of carbonyl (C=O) groups is 3. The van der Waals surface area contributed by atoms with Gasteiger partial charge in [-0.2, -0.15) is 0 Å². The number of primary amides is 1. The van der Waals surface area contributed by atoms with E-state index in [1.165, 1.54) is 11.3 Å². The molecule has 0 unspecified atom stereocenters. The van der Waals surface area contributed by atoms with Crippen LogP contribution in [0.4, 0.5) is 5.00 Å². The summed E-state index contributed by atoms with van der Waals surface area (Å²) in [5, 5.41) is 2.73. The van der Waals surface area contributed by atoms with Gasteiger partial charge in [0, 0.05) is 4.88 Å². The number of ether oxygens (including phenoxy) is 1. The summed E-state index contributed by atoms with van der Waals surface area (Å²) >= 11 is 1.18. The monoisotopic (exact) mass is 422 g/mol. The summed E-state index contributed by atoms with van der Waals surface area (Å²) in [6.45, 7) is 3.76. The molecule has 0 saturated carbocycles. The van der Waals surface area contributed by atoms with Gasteiger partial charge < -0.3 is 15.8 Å². The first kappa shape index (κ1) is 21.3. The van der Waals surface area contributed by atoms with Crippen molar-refractivity contribution >= 4 is 33.9 Å². The number of anilines is 1. The molecule has 7 heteroatoms. The minimum absolute atomic E-state index is 0.158. The van der Waals surface area contributed by atoms with Gasteiger partial charge in [-0.05, 0) is 35.2 Å². The Morgan fingerprint density at radius 3 is 2.30 bits per heavy atom. The first-order chi connectivity index (χ1) is 14.3. The number of Topliss-reactive ketones (excluding diaryl/α,β-unsaturated/α-hetero) is 1. The fourth-order valence-corrected chi connectivity index (χ4v) is 3.81. The Morgan fingerprint density at radius 1 is 1.03 bits per heavy atom. The molecular weight excluding hydrogens is 400 g/mol. The molecule has 1 aromatic heterocycles. The predicted molar refractivity (Wildman–Crippen MR) is 118 cm³/mol. The number of nitrogens with one attached hydrogen (secondary N) is 1. The van der Waals surface area contributed by atoms with Crippen LogP contribution in [0, 0.1) is 0 Å². The van der Waals surface area contributed by atoms with Gasteiger partial charge in [0.1, 0.15) is 10.8 Å². The van der Waals surface area contributed by atoms with Crippen molar-refractivity contribution in [2.75, 3.05) is 11.9 Å². The van der Waals surface area contributed by atoms with Crippen molar-refractivity contribution in [1.29, 1.82) is 0 Å². The van der Waals surface area contributed by atoms with Gasteiger partial charge in [0.05, 0.1) is 5.56 Å². The summed E-state index contributed by atoms with van der Waals surface area (Å²) in [7, 11) is 0. The van der Waals surface area contributed by atoms with Crippen molar-refractivity contribution in [2.45, 2.75) is 19.8 Å². The van der Waals surface area contributed by atoms with Crippen LogP contribution in [-0.4, -0.2) is 24.2 Å². The summed E-state index contributed by atoms with van der Waals surface area (Å²) in [6, 6.07) is 18.3. The van der Waals surface area contributed by atoms with Crippen LogP contribution in [0.3, 0.4) is 0 Å². The Bertz CT molecular complexity index is 1060. The van der Waals surface area contributed by atoms with E-state index in [9.17, 15) is 14.4 Å².